The molecule has 0 bridgehead atoms. The van der Waals surface area contributed by atoms with E-state index in [0.717, 1.165) is 14.9 Å². The molecule has 1 aromatic carbocycles. The van der Waals surface area contributed by atoms with Crippen LogP contribution in [0.5, 0.6) is 5.75 Å². The van der Waals surface area contributed by atoms with Crippen LogP contribution in [-0.2, 0) is 0 Å². The van der Waals surface area contributed by atoms with E-state index in [0.29, 0.717) is 13.2 Å². The lowest BCUT2D eigenvalue weighted by atomic mass is 10.3. The highest BCUT2D eigenvalue weighted by molar-refractivity contribution is 14.1. The Hall–Kier alpha value is -0.550. The highest BCUT2D eigenvalue weighted by Gasteiger charge is 1.95. The van der Waals surface area contributed by atoms with E-state index in [9.17, 15) is 0 Å². The third-order valence-corrected chi connectivity index (χ3v) is 2.20. The molecular weight excluding hydrogens is 277 g/mol. The Balaban J connectivity index is 2.50. The van der Waals surface area contributed by atoms with E-state index in [-0.39, 0.29) is 0 Å². The van der Waals surface area contributed by atoms with Crippen molar-refractivity contribution in [1.82, 2.24) is 0 Å². The van der Waals surface area contributed by atoms with E-state index in [1.54, 1.807) is 0 Å². The van der Waals surface area contributed by atoms with Gasteiger partial charge in [0.25, 0.3) is 0 Å². The Morgan fingerprint density at radius 3 is 2.92 bits per heavy atom. The minimum atomic E-state index is 0.476. The molecule has 0 saturated heterocycles. The molecule has 0 amide bonds. The monoisotopic (exact) mass is 289 g/mol. The summed E-state index contributed by atoms with van der Waals surface area (Å²) in [5.74, 6) is 0.862. The molecule has 0 heterocycles. The van der Waals surface area contributed by atoms with Crippen LogP contribution in [0.1, 0.15) is 0 Å². The summed E-state index contributed by atoms with van der Waals surface area (Å²) in [6, 6.07) is 7.88. The molecule has 0 spiro atoms. The summed E-state index contributed by atoms with van der Waals surface area (Å²) < 4.78 is 6.62. The summed E-state index contributed by atoms with van der Waals surface area (Å²) >= 11 is 2.24. The lowest BCUT2D eigenvalue weighted by Crippen LogP contribution is -2.09. The fraction of sp³-hybridized carbons (Fsp3) is 0.200. The van der Waals surface area contributed by atoms with Gasteiger partial charge in [0.1, 0.15) is 12.4 Å². The molecule has 2 N–H and O–H groups in total. The standard InChI is InChI=1S/C10H12INO/c1-8(6-12)7-13-10-4-2-3-9(11)5-10/h2-5H,1,6-7,12H2. The number of ether oxygens (including phenoxy) is 1. The van der Waals surface area contributed by atoms with Crippen LogP contribution in [0.2, 0.25) is 0 Å². The Morgan fingerprint density at radius 1 is 1.54 bits per heavy atom. The van der Waals surface area contributed by atoms with Crippen LogP contribution < -0.4 is 10.5 Å². The van der Waals surface area contributed by atoms with Gasteiger partial charge in [0.2, 0.25) is 0 Å². The molecule has 0 atom stereocenters. The maximum absolute atomic E-state index is 5.46. The first kappa shape index (κ1) is 10.5. The normalized spacial score (nSPS) is 9.69. The van der Waals surface area contributed by atoms with Crippen molar-refractivity contribution in [2.24, 2.45) is 5.73 Å². The summed E-state index contributed by atoms with van der Waals surface area (Å²) in [5.41, 5.74) is 6.29. The Labute approximate surface area is 91.9 Å². The molecule has 0 fully saturated rings. The van der Waals surface area contributed by atoms with Crippen molar-refractivity contribution in [2.45, 2.75) is 0 Å². The molecule has 13 heavy (non-hydrogen) atoms. The first-order valence-electron chi connectivity index (χ1n) is 3.97. The molecule has 0 unspecified atom stereocenters. The summed E-state index contributed by atoms with van der Waals surface area (Å²) in [6.45, 7) is 4.73. The topological polar surface area (TPSA) is 35.2 Å². The van der Waals surface area contributed by atoms with Gasteiger partial charge in [-0.3, -0.25) is 0 Å². The van der Waals surface area contributed by atoms with E-state index >= 15 is 0 Å². The van der Waals surface area contributed by atoms with Crippen LogP contribution in [0.3, 0.4) is 0 Å². The summed E-state index contributed by atoms with van der Waals surface area (Å²) in [4.78, 5) is 0. The van der Waals surface area contributed by atoms with Crippen molar-refractivity contribution < 1.29 is 4.74 Å². The van der Waals surface area contributed by atoms with Crippen molar-refractivity contribution in [2.75, 3.05) is 13.2 Å². The minimum Gasteiger partial charge on any atom is -0.489 e. The summed E-state index contributed by atoms with van der Waals surface area (Å²) in [6.07, 6.45) is 0. The fourth-order valence-corrected chi connectivity index (χ4v) is 1.32. The van der Waals surface area contributed by atoms with E-state index < -0.39 is 0 Å². The van der Waals surface area contributed by atoms with Crippen LogP contribution in [0, 0.1) is 3.57 Å². The van der Waals surface area contributed by atoms with Crippen LogP contribution in [0.25, 0.3) is 0 Å². The predicted octanol–water partition coefficient (Wildman–Crippen LogP) is 2.18. The molecule has 3 heteroatoms. The number of hydrogen-bond donors (Lipinski definition) is 1. The molecule has 0 aliphatic heterocycles. The molecule has 0 radical (unpaired) electrons. The molecule has 70 valence electrons. The van der Waals surface area contributed by atoms with Gasteiger partial charge in [0, 0.05) is 10.1 Å². The molecular formula is C10H12INO. The van der Waals surface area contributed by atoms with Crippen molar-refractivity contribution in [3.05, 3.63) is 40.0 Å². The number of halogens is 1. The van der Waals surface area contributed by atoms with Crippen molar-refractivity contribution >= 4 is 22.6 Å². The Bertz CT molecular complexity index is 299. The lowest BCUT2D eigenvalue weighted by Gasteiger charge is -2.06. The van der Waals surface area contributed by atoms with E-state index in [1.807, 2.05) is 24.3 Å². The molecule has 1 aromatic rings. The quantitative estimate of drug-likeness (QED) is 0.681. The molecule has 0 aliphatic rings. The smallest absolute Gasteiger partial charge is 0.120 e. The van der Waals surface area contributed by atoms with Gasteiger partial charge in [-0.2, -0.15) is 0 Å². The van der Waals surface area contributed by atoms with Gasteiger partial charge < -0.3 is 10.5 Å². The third kappa shape index (κ3) is 3.78. The average Bonchev–Trinajstić information content (AvgIpc) is 2.14. The second-order valence-electron chi connectivity index (χ2n) is 2.70. The number of nitrogens with two attached hydrogens (primary N) is 1. The van der Waals surface area contributed by atoms with Crippen molar-refractivity contribution in [1.29, 1.82) is 0 Å². The van der Waals surface area contributed by atoms with Gasteiger partial charge in [-0.05, 0) is 46.4 Å². The Kier molecular flexibility index (Phi) is 4.24. The average molecular weight is 289 g/mol. The van der Waals surface area contributed by atoms with Crippen LogP contribution in [0.4, 0.5) is 0 Å². The fourth-order valence-electron chi connectivity index (χ4n) is 0.801. The molecule has 2 nitrogen and oxygen atoms in total. The first-order valence-corrected chi connectivity index (χ1v) is 5.05. The summed E-state index contributed by atoms with van der Waals surface area (Å²) in [7, 11) is 0. The zero-order valence-electron chi connectivity index (χ0n) is 7.29. The molecule has 0 saturated carbocycles. The molecule has 1 rings (SSSR count). The highest BCUT2D eigenvalue weighted by Crippen LogP contribution is 2.14. The predicted molar refractivity (Wildman–Crippen MR) is 62.8 cm³/mol. The zero-order chi connectivity index (χ0) is 9.68. The second kappa shape index (κ2) is 5.24. The number of hydrogen-bond acceptors (Lipinski definition) is 2. The van der Waals surface area contributed by atoms with Crippen LogP contribution in [0.15, 0.2) is 36.4 Å². The van der Waals surface area contributed by atoms with E-state index in [2.05, 4.69) is 29.2 Å². The molecule has 0 aliphatic carbocycles. The maximum atomic E-state index is 5.46. The Morgan fingerprint density at radius 2 is 2.31 bits per heavy atom. The largest absolute Gasteiger partial charge is 0.489 e. The van der Waals surface area contributed by atoms with E-state index in [4.69, 9.17) is 10.5 Å². The highest BCUT2D eigenvalue weighted by atomic mass is 127. The van der Waals surface area contributed by atoms with Gasteiger partial charge in [0.15, 0.2) is 0 Å². The van der Waals surface area contributed by atoms with Crippen LogP contribution in [-0.4, -0.2) is 13.2 Å². The van der Waals surface area contributed by atoms with Crippen molar-refractivity contribution in [3.8, 4) is 5.75 Å². The number of rotatable bonds is 4. The van der Waals surface area contributed by atoms with Gasteiger partial charge in [-0.1, -0.05) is 12.6 Å². The van der Waals surface area contributed by atoms with Gasteiger partial charge in [-0.25, -0.2) is 0 Å². The first-order chi connectivity index (χ1) is 6.22. The maximum Gasteiger partial charge on any atom is 0.120 e. The van der Waals surface area contributed by atoms with Crippen molar-refractivity contribution in [3.63, 3.8) is 0 Å². The minimum absolute atomic E-state index is 0.476. The lowest BCUT2D eigenvalue weighted by molar-refractivity contribution is 0.350. The van der Waals surface area contributed by atoms with E-state index in [1.165, 1.54) is 0 Å². The number of benzene rings is 1. The zero-order valence-corrected chi connectivity index (χ0v) is 9.45. The third-order valence-electron chi connectivity index (χ3n) is 1.53. The van der Waals surface area contributed by atoms with Crippen LogP contribution >= 0.6 is 22.6 Å². The van der Waals surface area contributed by atoms with Gasteiger partial charge in [0.05, 0.1) is 0 Å². The SMILES string of the molecule is C=C(CN)COc1cccc(I)c1. The van der Waals surface area contributed by atoms with Gasteiger partial charge >= 0.3 is 0 Å². The second-order valence-corrected chi connectivity index (χ2v) is 3.95. The van der Waals surface area contributed by atoms with Gasteiger partial charge in [-0.15, -0.1) is 0 Å². The summed E-state index contributed by atoms with van der Waals surface area (Å²) in [5, 5.41) is 0. The molecule has 0 aromatic heterocycles.